The Bertz CT molecular complexity index is 172. The van der Waals surface area contributed by atoms with Gasteiger partial charge in [-0.05, 0) is 0 Å². The van der Waals surface area contributed by atoms with Gasteiger partial charge in [0.2, 0.25) is 0 Å². The molecule has 3 N–H and O–H groups in total. The van der Waals surface area contributed by atoms with Gasteiger partial charge in [-0.2, -0.15) is 5.10 Å². The maximum Gasteiger partial charge on any atom is 0.273 e. The van der Waals surface area contributed by atoms with Gasteiger partial charge < -0.3 is 11.2 Å². The second kappa shape index (κ2) is 4.49. The second-order valence-electron chi connectivity index (χ2n) is 1.48. The maximum absolute atomic E-state index is 10.7. The van der Waals surface area contributed by atoms with E-state index in [1.54, 1.807) is 0 Å². The van der Waals surface area contributed by atoms with Gasteiger partial charge in [-0.1, -0.05) is 0 Å². The van der Waals surface area contributed by atoms with Crippen LogP contribution in [0.15, 0.2) is 10.1 Å². The molecule has 56 valence electrons. The number of amides is 1. The third-order valence-corrected chi connectivity index (χ3v) is 0.850. The molecule has 0 saturated carbocycles. The molecule has 0 radical (unpaired) electrons. The van der Waals surface area contributed by atoms with E-state index in [4.69, 9.17) is 5.84 Å². The van der Waals surface area contributed by atoms with E-state index in [2.05, 4.69) is 15.4 Å². The minimum atomic E-state index is -0.340. The first-order valence-electron chi connectivity index (χ1n) is 2.68. The molecule has 0 bridgehead atoms. The maximum atomic E-state index is 10.7. The van der Waals surface area contributed by atoms with Crippen molar-refractivity contribution in [1.29, 1.82) is 0 Å². The van der Waals surface area contributed by atoms with Gasteiger partial charge in [0.1, 0.15) is 0 Å². The predicted molar refractivity (Wildman–Crippen MR) is 40.1 cm³/mol. The third kappa shape index (κ3) is 2.25. The summed E-state index contributed by atoms with van der Waals surface area (Å²) >= 11 is 0. The van der Waals surface area contributed by atoms with Crippen LogP contribution in [0.4, 0.5) is 0 Å². The molecule has 1 amide bonds. The van der Waals surface area contributed by atoms with Crippen molar-refractivity contribution in [1.82, 2.24) is 5.32 Å². The Kier molecular flexibility index (Phi) is 3.86. The summed E-state index contributed by atoms with van der Waals surface area (Å²) in [6.07, 6.45) is 1.29. The van der Waals surface area contributed by atoms with Crippen LogP contribution in [0.1, 0.15) is 0 Å². The Morgan fingerprint density at radius 3 is 2.60 bits per heavy atom. The summed E-state index contributed by atoms with van der Waals surface area (Å²) in [5.41, 5.74) is 0.116. The van der Waals surface area contributed by atoms with E-state index in [1.807, 2.05) is 0 Å². The van der Waals surface area contributed by atoms with Crippen LogP contribution in [0, 0.1) is 0 Å². The molecule has 0 atom stereocenters. The molecule has 0 spiro atoms. The Balaban J connectivity index is 4.23. The first-order valence-corrected chi connectivity index (χ1v) is 2.68. The quantitative estimate of drug-likeness (QED) is 0.287. The predicted octanol–water partition coefficient (Wildman–Crippen LogP) is -1.25. The number of nitrogens with zero attached hydrogens (tertiary/aromatic N) is 2. The molecule has 5 nitrogen and oxygen atoms in total. The molecular weight excluding hydrogens is 132 g/mol. The molecule has 5 heteroatoms. The Morgan fingerprint density at radius 2 is 2.30 bits per heavy atom. The highest BCUT2D eigenvalue weighted by Crippen LogP contribution is 1.70. The van der Waals surface area contributed by atoms with Crippen LogP contribution in [-0.2, 0) is 4.79 Å². The van der Waals surface area contributed by atoms with Crippen molar-refractivity contribution in [2.24, 2.45) is 15.9 Å². The van der Waals surface area contributed by atoms with Crippen molar-refractivity contribution in [3.05, 3.63) is 0 Å². The largest absolute Gasteiger partial charge is 0.354 e. The monoisotopic (exact) mass is 142 g/mol. The number of aliphatic imine (C=N–C) groups is 1. The Hall–Kier alpha value is -1.39. The smallest absolute Gasteiger partial charge is 0.273 e. The number of hydrogen-bond donors (Lipinski definition) is 2. The van der Waals surface area contributed by atoms with Crippen molar-refractivity contribution in [3.63, 3.8) is 0 Å². The first-order chi connectivity index (χ1) is 4.76. The van der Waals surface area contributed by atoms with E-state index in [1.165, 1.54) is 20.3 Å². The first kappa shape index (κ1) is 8.61. The van der Waals surface area contributed by atoms with E-state index < -0.39 is 0 Å². The highest BCUT2D eigenvalue weighted by Gasteiger charge is 2.03. The van der Waals surface area contributed by atoms with Gasteiger partial charge >= 0.3 is 0 Å². The van der Waals surface area contributed by atoms with Crippen LogP contribution >= 0.6 is 0 Å². The van der Waals surface area contributed by atoms with Crippen LogP contribution in [0.3, 0.4) is 0 Å². The Labute approximate surface area is 59.0 Å². The van der Waals surface area contributed by atoms with E-state index >= 15 is 0 Å². The van der Waals surface area contributed by atoms with Crippen molar-refractivity contribution in [3.8, 4) is 0 Å². The lowest BCUT2D eigenvalue weighted by Crippen LogP contribution is -2.29. The number of rotatable bonds is 2. The third-order valence-electron chi connectivity index (χ3n) is 0.850. The van der Waals surface area contributed by atoms with Gasteiger partial charge in [-0.3, -0.25) is 9.79 Å². The molecule has 0 aromatic heterocycles. The summed E-state index contributed by atoms with van der Waals surface area (Å²) in [6.45, 7) is 0. The van der Waals surface area contributed by atoms with Gasteiger partial charge in [0, 0.05) is 14.1 Å². The van der Waals surface area contributed by atoms with Crippen molar-refractivity contribution < 1.29 is 4.79 Å². The molecule has 10 heavy (non-hydrogen) atoms. The zero-order valence-corrected chi connectivity index (χ0v) is 5.96. The summed E-state index contributed by atoms with van der Waals surface area (Å²) in [4.78, 5) is 14.3. The SMILES string of the molecule is CN=CC(=NN)C(=O)NC. The number of carbonyl (C=O) groups excluding carboxylic acids is 1. The van der Waals surface area contributed by atoms with Crippen LogP contribution in [0.5, 0.6) is 0 Å². The number of hydrogen-bond acceptors (Lipinski definition) is 4. The zero-order chi connectivity index (χ0) is 7.98. The van der Waals surface area contributed by atoms with Gasteiger partial charge in [0.05, 0.1) is 6.21 Å². The molecule has 0 aliphatic carbocycles. The molecule has 0 aromatic carbocycles. The summed E-state index contributed by atoms with van der Waals surface area (Å²) < 4.78 is 0. The van der Waals surface area contributed by atoms with Crippen LogP contribution < -0.4 is 11.2 Å². The summed E-state index contributed by atoms with van der Waals surface area (Å²) in [5.74, 6) is 4.53. The Morgan fingerprint density at radius 1 is 1.70 bits per heavy atom. The summed E-state index contributed by atoms with van der Waals surface area (Å²) in [5, 5.41) is 5.56. The average Bonchev–Trinajstić information content (AvgIpc) is 1.99. The average molecular weight is 142 g/mol. The minimum absolute atomic E-state index is 0.116. The van der Waals surface area contributed by atoms with Crippen molar-refractivity contribution >= 4 is 17.8 Å². The molecule has 0 fully saturated rings. The van der Waals surface area contributed by atoms with Gasteiger partial charge in [0.25, 0.3) is 5.91 Å². The number of nitrogens with two attached hydrogens (primary N) is 1. The van der Waals surface area contributed by atoms with Crippen LogP contribution in [-0.4, -0.2) is 31.9 Å². The van der Waals surface area contributed by atoms with E-state index in [0.717, 1.165) is 0 Å². The van der Waals surface area contributed by atoms with Gasteiger partial charge in [-0.15, -0.1) is 0 Å². The standard InChI is InChI=1S/C5H10N4O/c1-7-3-4(9-6)5(10)8-2/h3H,6H2,1-2H3,(H,8,10). The molecule has 0 saturated heterocycles. The molecule has 0 rings (SSSR count). The highest BCUT2D eigenvalue weighted by molar-refractivity contribution is 6.60. The normalized spacial score (nSPS) is 12.0. The topological polar surface area (TPSA) is 79.8 Å². The lowest BCUT2D eigenvalue weighted by molar-refractivity contribution is -0.114. The molecule has 0 aromatic rings. The van der Waals surface area contributed by atoms with Crippen molar-refractivity contribution in [2.75, 3.05) is 14.1 Å². The van der Waals surface area contributed by atoms with Crippen LogP contribution in [0.2, 0.25) is 0 Å². The van der Waals surface area contributed by atoms with E-state index in [9.17, 15) is 4.79 Å². The number of carbonyl (C=O) groups is 1. The lowest BCUT2D eigenvalue weighted by atomic mass is 10.4. The molecular formula is C5H10N4O. The second-order valence-corrected chi connectivity index (χ2v) is 1.48. The minimum Gasteiger partial charge on any atom is -0.354 e. The fourth-order valence-electron chi connectivity index (χ4n) is 0.401. The molecule has 0 unspecified atom stereocenters. The fraction of sp³-hybridized carbons (Fsp3) is 0.400. The van der Waals surface area contributed by atoms with E-state index in [-0.39, 0.29) is 11.6 Å². The van der Waals surface area contributed by atoms with Gasteiger partial charge in [0.15, 0.2) is 5.71 Å². The fourth-order valence-corrected chi connectivity index (χ4v) is 0.401. The number of nitrogens with one attached hydrogen (secondary N) is 1. The zero-order valence-electron chi connectivity index (χ0n) is 5.96. The molecule has 0 heterocycles. The lowest BCUT2D eigenvalue weighted by Gasteiger charge is -1.94. The molecule has 0 aliphatic rings. The van der Waals surface area contributed by atoms with E-state index in [0.29, 0.717) is 0 Å². The summed E-state index contributed by atoms with van der Waals surface area (Å²) in [6, 6.07) is 0. The summed E-state index contributed by atoms with van der Waals surface area (Å²) in [7, 11) is 3.03. The number of hydrazone groups is 1. The van der Waals surface area contributed by atoms with Gasteiger partial charge in [-0.25, -0.2) is 0 Å². The highest BCUT2D eigenvalue weighted by atomic mass is 16.1. The molecule has 0 aliphatic heterocycles. The van der Waals surface area contributed by atoms with Crippen LogP contribution in [0.25, 0.3) is 0 Å². The van der Waals surface area contributed by atoms with Crippen molar-refractivity contribution in [2.45, 2.75) is 0 Å².